The van der Waals surface area contributed by atoms with Gasteiger partial charge < -0.3 is 14.6 Å². The summed E-state index contributed by atoms with van der Waals surface area (Å²) in [7, 11) is 0. The molecule has 8 heteroatoms. The second-order valence-corrected chi connectivity index (χ2v) is 4.57. The van der Waals surface area contributed by atoms with Crippen molar-refractivity contribution in [2.45, 2.75) is 12.5 Å². The lowest BCUT2D eigenvalue weighted by Gasteiger charge is -2.11. The van der Waals surface area contributed by atoms with Crippen molar-refractivity contribution in [1.29, 1.82) is 0 Å². The summed E-state index contributed by atoms with van der Waals surface area (Å²) in [6.07, 6.45) is -8.57. The van der Waals surface area contributed by atoms with Crippen LogP contribution in [-0.4, -0.2) is 11.4 Å². The molecule has 0 atom stereocenters. The minimum atomic E-state index is -4.69. The Morgan fingerprint density at radius 2 is 1.73 bits per heavy atom. The highest BCUT2D eigenvalue weighted by Gasteiger charge is 2.44. The monoisotopic (exact) mass is 318 g/mol. The van der Waals surface area contributed by atoms with E-state index in [4.69, 9.17) is 0 Å². The van der Waals surface area contributed by atoms with Gasteiger partial charge in [0.15, 0.2) is 11.5 Å². The topological polar surface area (TPSA) is 38.7 Å². The number of alkyl halides is 5. The molecule has 0 fully saturated rings. The molecular formula is C14H7F5O3. The van der Waals surface area contributed by atoms with Crippen LogP contribution >= 0.6 is 0 Å². The summed E-state index contributed by atoms with van der Waals surface area (Å²) in [4.78, 5) is 0. The first-order valence-corrected chi connectivity index (χ1v) is 5.96. The zero-order chi connectivity index (χ0) is 16.1. The minimum absolute atomic E-state index is 0.0453. The van der Waals surface area contributed by atoms with Gasteiger partial charge in [-0.1, -0.05) is 12.1 Å². The minimum Gasteiger partial charge on any atom is -0.508 e. The van der Waals surface area contributed by atoms with E-state index in [9.17, 15) is 27.1 Å². The van der Waals surface area contributed by atoms with E-state index >= 15 is 0 Å². The van der Waals surface area contributed by atoms with E-state index in [2.05, 4.69) is 9.47 Å². The molecule has 0 spiro atoms. The Balaban J connectivity index is 2.15. The van der Waals surface area contributed by atoms with Crippen molar-refractivity contribution in [2.75, 3.05) is 0 Å². The van der Waals surface area contributed by atoms with E-state index in [1.807, 2.05) is 0 Å². The highest BCUT2D eigenvalue weighted by Crippen LogP contribution is 2.48. The van der Waals surface area contributed by atoms with Crippen LogP contribution < -0.4 is 9.47 Å². The second kappa shape index (κ2) is 4.49. The van der Waals surface area contributed by atoms with E-state index in [1.165, 1.54) is 18.2 Å². The van der Waals surface area contributed by atoms with Gasteiger partial charge >= 0.3 is 12.5 Å². The summed E-state index contributed by atoms with van der Waals surface area (Å²) < 4.78 is 73.1. The summed E-state index contributed by atoms with van der Waals surface area (Å²) in [5, 5.41) is 9.45. The van der Waals surface area contributed by atoms with Crippen molar-refractivity contribution in [1.82, 2.24) is 0 Å². The van der Waals surface area contributed by atoms with Gasteiger partial charge in [-0.05, 0) is 29.8 Å². The van der Waals surface area contributed by atoms with Crippen LogP contribution in [0.3, 0.4) is 0 Å². The van der Waals surface area contributed by atoms with Gasteiger partial charge in [0, 0.05) is 5.56 Å². The molecule has 1 heterocycles. The molecular weight excluding hydrogens is 311 g/mol. The lowest BCUT2D eigenvalue weighted by molar-refractivity contribution is -0.286. The maximum atomic E-state index is 13.1. The fraction of sp³-hybridized carbons (Fsp3) is 0.143. The van der Waals surface area contributed by atoms with Gasteiger partial charge in [-0.3, -0.25) is 0 Å². The molecule has 116 valence electrons. The molecule has 22 heavy (non-hydrogen) atoms. The van der Waals surface area contributed by atoms with Gasteiger partial charge in [0.25, 0.3) is 0 Å². The Morgan fingerprint density at radius 3 is 2.41 bits per heavy atom. The van der Waals surface area contributed by atoms with Gasteiger partial charge in [0.05, 0.1) is 5.56 Å². The Morgan fingerprint density at radius 1 is 1.00 bits per heavy atom. The molecule has 0 aliphatic carbocycles. The predicted molar refractivity (Wildman–Crippen MR) is 64.7 cm³/mol. The first kappa shape index (κ1) is 14.4. The summed E-state index contributed by atoms with van der Waals surface area (Å²) in [5.74, 6) is -1.32. The van der Waals surface area contributed by atoms with Crippen LogP contribution in [0, 0.1) is 0 Å². The zero-order valence-electron chi connectivity index (χ0n) is 10.6. The largest absolute Gasteiger partial charge is 0.586 e. The SMILES string of the molecule is Oc1cc(-c2cccc3c2OC(F)(F)O3)cc(C(F)(F)F)c1. The number of phenols is 1. The highest BCUT2D eigenvalue weighted by molar-refractivity contribution is 5.76. The van der Waals surface area contributed by atoms with Crippen LogP contribution in [0.25, 0.3) is 11.1 Å². The van der Waals surface area contributed by atoms with Crippen LogP contribution in [0.1, 0.15) is 5.56 Å². The lowest BCUT2D eigenvalue weighted by atomic mass is 10.0. The van der Waals surface area contributed by atoms with E-state index < -0.39 is 23.8 Å². The highest BCUT2D eigenvalue weighted by atomic mass is 19.4. The van der Waals surface area contributed by atoms with Crippen LogP contribution in [0.4, 0.5) is 22.0 Å². The average molecular weight is 318 g/mol. The Bertz CT molecular complexity index is 740. The molecule has 0 radical (unpaired) electrons. The van der Waals surface area contributed by atoms with Crippen LogP contribution in [0.15, 0.2) is 36.4 Å². The zero-order valence-corrected chi connectivity index (χ0v) is 10.6. The molecule has 1 aliphatic rings. The molecule has 0 unspecified atom stereocenters. The van der Waals surface area contributed by atoms with Crippen molar-refractivity contribution in [2.24, 2.45) is 0 Å². The number of halogens is 5. The number of aromatic hydroxyl groups is 1. The molecule has 2 aromatic rings. The van der Waals surface area contributed by atoms with E-state index in [0.29, 0.717) is 6.07 Å². The molecule has 1 N–H and O–H groups in total. The van der Waals surface area contributed by atoms with Gasteiger partial charge in [-0.25, -0.2) is 0 Å². The number of phenolic OH excluding ortho intramolecular Hbond substituents is 1. The standard InChI is InChI=1S/C14H7F5O3/c15-13(16,17)8-4-7(5-9(20)6-8)10-2-1-3-11-12(10)22-14(18,19)21-11/h1-6,20H. The third-order valence-corrected chi connectivity index (χ3v) is 2.98. The van der Waals surface area contributed by atoms with Gasteiger partial charge in [0.1, 0.15) is 5.75 Å². The molecule has 0 bridgehead atoms. The number of hydrogen-bond acceptors (Lipinski definition) is 3. The molecule has 0 aromatic heterocycles. The van der Waals surface area contributed by atoms with Gasteiger partial charge in [-0.15, -0.1) is 8.78 Å². The van der Waals surface area contributed by atoms with E-state index in [0.717, 1.165) is 12.1 Å². The Labute approximate surface area is 120 Å². The first-order chi connectivity index (χ1) is 10.2. The molecule has 0 amide bonds. The number of para-hydroxylation sites is 1. The molecule has 0 saturated carbocycles. The average Bonchev–Trinajstić information content (AvgIpc) is 2.70. The summed E-state index contributed by atoms with van der Waals surface area (Å²) in [6.45, 7) is 0. The number of rotatable bonds is 1. The predicted octanol–water partition coefficient (Wildman–Crippen LogP) is 4.40. The molecule has 3 nitrogen and oxygen atoms in total. The van der Waals surface area contributed by atoms with Crippen molar-refractivity contribution in [3.63, 3.8) is 0 Å². The third-order valence-electron chi connectivity index (χ3n) is 2.98. The normalized spacial score (nSPS) is 15.9. The maximum Gasteiger partial charge on any atom is 0.586 e. The summed E-state index contributed by atoms with van der Waals surface area (Å²) >= 11 is 0. The van der Waals surface area contributed by atoms with Crippen molar-refractivity contribution < 1.29 is 36.5 Å². The second-order valence-electron chi connectivity index (χ2n) is 4.57. The van der Waals surface area contributed by atoms with Crippen LogP contribution in [0.5, 0.6) is 17.2 Å². The number of ether oxygens (including phenoxy) is 2. The lowest BCUT2D eigenvalue weighted by Crippen LogP contribution is -2.26. The molecule has 0 saturated heterocycles. The summed E-state index contributed by atoms with van der Waals surface area (Å²) in [6, 6.07) is 6.11. The fourth-order valence-corrected chi connectivity index (χ4v) is 2.13. The number of benzene rings is 2. The van der Waals surface area contributed by atoms with Crippen molar-refractivity contribution in [3.05, 3.63) is 42.0 Å². The number of fused-ring (bicyclic) bond motifs is 1. The van der Waals surface area contributed by atoms with Gasteiger partial charge in [-0.2, -0.15) is 13.2 Å². The quantitative estimate of drug-likeness (QED) is 0.792. The maximum absolute atomic E-state index is 13.1. The van der Waals surface area contributed by atoms with Crippen molar-refractivity contribution >= 4 is 0 Å². The van der Waals surface area contributed by atoms with Crippen LogP contribution in [0.2, 0.25) is 0 Å². The van der Waals surface area contributed by atoms with Crippen LogP contribution in [-0.2, 0) is 6.18 Å². The van der Waals surface area contributed by atoms with Crippen molar-refractivity contribution in [3.8, 4) is 28.4 Å². The molecule has 3 rings (SSSR count). The first-order valence-electron chi connectivity index (χ1n) is 5.96. The molecule has 1 aliphatic heterocycles. The number of hydrogen-bond donors (Lipinski definition) is 1. The van der Waals surface area contributed by atoms with E-state index in [-0.39, 0.29) is 22.6 Å². The van der Waals surface area contributed by atoms with Gasteiger partial charge in [0.2, 0.25) is 0 Å². The third kappa shape index (κ3) is 2.51. The Kier molecular flexibility index (Phi) is 2.95. The summed E-state index contributed by atoms with van der Waals surface area (Å²) in [5.41, 5.74) is -1.27. The smallest absolute Gasteiger partial charge is 0.508 e. The Hall–Kier alpha value is -2.51. The fourth-order valence-electron chi connectivity index (χ4n) is 2.13. The molecule has 2 aromatic carbocycles. The van der Waals surface area contributed by atoms with E-state index in [1.54, 1.807) is 0 Å².